The van der Waals surface area contributed by atoms with Crippen molar-refractivity contribution in [1.29, 1.82) is 0 Å². The lowest BCUT2D eigenvalue weighted by atomic mass is 10.3. The van der Waals surface area contributed by atoms with Crippen molar-refractivity contribution in [2.75, 3.05) is 13.2 Å². The average Bonchev–Trinajstić information content (AvgIpc) is 1.79. The summed E-state index contributed by atoms with van der Waals surface area (Å²) in [6.45, 7) is 3.23. The molecule has 1 aliphatic rings. The summed E-state index contributed by atoms with van der Waals surface area (Å²) in [7, 11) is 0. The van der Waals surface area contributed by atoms with Gasteiger partial charge in [-0.3, -0.25) is 9.63 Å². The first kappa shape index (κ1) is 5.56. The van der Waals surface area contributed by atoms with Crippen molar-refractivity contribution in [1.82, 2.24) is 5.06 Å². The normalized spacial score (nSPS) is 18.6. The predicted molar refractivity (Wildman–Crippen MR) is 28.0 cm³/mol. The third kappa shape index (κ3) is 0.816. The smallest absolute Gasteiger partial charge is 0.248 e. The van der Waals surface area contributed by atoms with Crippen LogP contribution in [-0.4, -0.2) is 24.1 Å². The van der Waals surface area contributed by atoms with Crippen molar-refractivity contribution in [3.05, 3.63) is 0 Å². The highest BCUT2D eigenvalue weighted by atomic mass is 16.7. The molecule has 0 aromatic rings. The molecule has 1 saturated heterocycles. The van der Waals surface area contributed by atoms with E-state index >= 15 is 0 Å². The van der Waals surface area contributed by atoms with Gasteiger partial charge in [-0.15, -0.1) is 0 Å². The van der Waals surface area contributed by atoms with E-state index in [0.717, 1.165) is 6.54 Å². The monoisotopic (exact) mass is 115 g/mol. The molecule has 3 heteroatoms. The molecule has 0 spiro atoms. The van der Waals surface area contributed by atoms with Crippen LogP contribution in [0.1, 0.15) is 13.3 Å². The molecular formula is C5H9NO2. The lowest BCUT2D eigenvalue weighted by Crippen LogP contribution is -2.42. The van der Waals surface area contributed by atoms with Gasteiger partial charge in [-0.1, -0.05) is 0 Å². The van der Waals surface area contributed by atoms with Gasteiger partial charge in [-0.2, -0.15) is 0 Å². The number of nitrogens with zero attached hydrogens (tertiary/aromatic N) is 1. The van der Waals surface area contributed by atoms with Gasteiger partial charge in [0, 0.05) is 6.42 Å². The fourth-order valence-corrected chi connectivity index (χ4v) is 0.587. The highest BCUT2D eigenvalue weighted by Crippen LogP contribution is 2.07. The Bertz CT molecular complexity index is 103. The number of hydrogen-bond donors (Lipinski definition) is 0. The molecule has 0 atom stereocenters. The van der Waals surface area contributed by atoms with E-state index in [1.807, 2.05) is 6.92 Å². The standard InChI is InChI=1S/C5H9NO2/c1-2-8-6-4-3-5(6)7/h2-4H2,1H3. The van der Waals surface area contributed by atoms with Crippen LogP contribution in [0.4, 0.5) is 0 Å². The summed E-state index contributed by atoms with van der Waals surface area (Å²) in [5.41, 5.74) is 0. The highest BCUT2D eigenvalue weighted by Gasteiger charge is 2.23. The van der Waals surface area contributed by atoms with E-state index in [0.29, 0.717) is 13.0 Å². The molecule has 1 aliphatic heterocycles. The third-order valence-electron chi connectivity index (χ3n) is 1.09. The van der Waals surface area contributed by atoms with Crippen molar-refractivity contribution in [2.45, 2.75) is 13.3 Å². The van der Waals surface area contributed by atoms with Gasteiger partial charge in [-0.25, -0.2) is 5.06 Å². The van der Waals surface area contributed by atoms with E-state index in [9.17, 15) is 4.79 Å². The second kappa shape index (κ2) is 2.13. The minimum absolute atomic E-state index is 0.104. The maximum absolute atomic E-state index is 10.4. The summed E-state index contributed by atoms with van der Waals surface area (Å²) in [5.74, 6) is 0.104. The van der Waals surface area contributed by atoms with Gasteiger partial charge < -0.3 is 0 Å². The van der Waals surface area contributed by atoms with E-state index in [2.05, 4.69) is 0 Å². The average molecular weight is 115 g/mol. The largest absolute Gasteiger partial charge is 0.273 e. The minimum atomic E-state index is 0.104. The Labute approximate surface area is 48.2 Å². The SMILES string of the molecule is CCON1CCC1=O. The van der Waals surface area contributed by atoms with Crippen LogP contribution in [0.5, 0.6) is 0 Å². The zero-order chi connectivity index (χ0) is 5.98. The van der Waals surface area contributed by atoms with Crippen molar-refractivity contribution in [3.8, 4) is 0 Å². The zero-order valence-electron chi connectivity index (χ0n) is 4.89. The molecule has 8 heavy (non-hydrogen) atoms. The Morgan fingerprint density at radius 1 is 1.88 bits per heavy atom. The van der Waals surface area contributed by atoms with Gasteiger partial charge in [0.05, 0.1) is 13.2 Å². The topological polar surface area (TPSA) is 29.5 Å². The lowest BCUT2D eigenvalue weighted by Gasteiger charge is -2.28. The number of carbonyl (C=O) groups excluding carboxylic acids is 1. The van der Waals surface area contributed by atoms with Crippen LogP contribution in [0.15, 0.2) is 0 Å². The van der Waals surface area contributed by atoms with Crippen molar-refractivity contribution >= 4 is 5.91 Å². The Hall–Kier alpha value is -0.570. The maximum atomic E-state index is 10.4. The van der Waals surface area contributed by atoms with E-state index in [-0.39, 0.29) is 5.91 Å². The van der Waals surface area contributed by atoms with Gasteiger partial charge in [0.15, 0.2) is 0 Å². The van der Waals surface area contributed by atoms with E-state index in [4.69, 9.17) is 4.84 Å². The van der Waals surface area contributed by atoms with Crippen molar-refractivity contribution < 1.29 is 9.63 Å². The number of hydroxylamine groups is 2. The van der Waals surface area contributed by atoms with Crippen LogP contribution >= 0.6 is 0 Å². The van der Waals surface area contributed by atoms with Crippen LogP contribution in [0.3, 0.4) is 0 Å². The number of β-lactam (4-membered cyclic amide) rings is 1. The quantitative estimate of drug-likeness (QED) is 0.480. The first-order chi connectivity index (χ1) is 3.84. The molecule has 0 aliphatic carbocycles. The van der Waals surface area contributed by atoms with Gasteiger partial charge in [-0.05, 0) is 6.92 Å². The fraction of sp³-hybridized carbons (Fsp3) is 0.800. The number of rotatable bonds is 2. The van der Waals surface area contributed by atoms with E-state index < -0.39 is 0 Å². The Morgan fingerprint density at radius 3 is 2.75 bits per heavy atom. The first-order valence-electron chi connectivity index (χ1n) is 2.78. The summed E-state index contributed by atoms with van der Waals surface area (Å²) in [4.78, 5) is 15.3. The molecule has 1 rings (SSSR count). The molecule has 0 saturated carbocycles. The molecule has 1 amide bonds. The Kier molecular flexibility index (Phi) is 1.48. The zero-order valence-corrected chi connectivity index (χ0v) is 4.89. The molecule has 0 radical (unpaired) electrons. The van der Waals surface area contributed by atoms with E-state index in [1.165, 1.54) is 5.06 Å². The van der Waals surface area contributed by atoms with Gasteiger partial charge in [0.25, 0.3) is 0 Å². The molecular weight excluding hydrogens is 106 g/mol. The molecule has 0 N–H and O–H groups in total. The Morgan fingerprint density at radius 2 is 2.62 bits per heavy atom. The minimum Gasteiger partial charge on any atom is -0.273 e. The molecule has 46 valence electrons. The fourth-order valence-electron chi connectivity index (χ4n) is 0.587. The predicted octanol–water partition coefficient (Wildman–Crippen LogP) is 0.170. The second-order valence-corrected chi connectivity index (χ2v) is 1.66. The third-order valence-corrected chi connectivity index (χ3v) is 1.09. The van der Waals surface area contributed by atoms with Crippen LogP contribution in [0.25, 0.3) is 0 Å². The van der Waals surface area contributed by atoms with Crippen LogP contribution < -0.4 is 0 Å². The van der Waals surface area contributed by atoms with Crippen LogP contribution in [0.2, 0.25) is 0 Å². The molecule has 1 heterocycles. The maximum Gasteiger partial charge on any atom is 0.248 e. The highest BCUT2D eigenvalue weighted by molar-refractivity contribution is 5.80. The van der Waals surface area contributed by atoms with Crippen LogP contribution in [-0.2, 0) is 9.63 Å². The molecule has 0 bridgehead atoms. The molecule has 0 aromatic carbocycles. The molecule has 0 unspecified atom stereocenters. The number of hydrogen-bond acceptors (Lipinski definition) is 2. The van der Waals surface area contributed by atoms with E-state index in [1.54, 1.807) is 0 Å². The summed E-state index contributed by atoms with van der Waals surface area (Å²) >= 11 is 0. The van der Waals surface area contributed by atoms with Gasteiger partial charge >= 0.3 is 0 Å². The van der Waals surface area contributed by atoms with Crippen molar-refractivity contribution in [2.24, 2.45) is 0 Å². The van der Waals surface area contributed by atoms with Gasteiger partial charge in [0.2, 0.25) is 5.91 Å². The summed E-state index contributed by atoms with van der Waals surface area (Å²) in [6.07, 6.45) is 0.653. The van der Waals surface area contributed by atoms with Gasteiger partial charge in [0.1, 0.15) is 0 Å². The molecule has 0 aromatic heterocycles. The first-order valence-corrected chi connectivity index (χ1v) is 2.78. The summed E-state index contributed by atoms with van der Waals surface area (Å²) in [5, 5.41) is 1.39. The Balaban J connectivity index is 2.17. The van der Waals surface area contributed by atoms with Crippen molar-refractivity contribution in [3.63, 3.8) is 0 Å². The summed E-state index contributed by atoms with van der Waals surface area (Å²) in [6, 6.07) is 0. The number of carbonyl (C=O) groups is 1. The lowest BCUT2D eigenvalue weighted by molar-refractivity contribution is -0.205. The molecule has 3 nitrogen and oxygen atoms in total. The summed E-state index contributed by atoms with van der Waals surface area (Å²) < 4.78 is 0. The van der Waals surface area contributed by atoms with Crippen LogP contribution in [0, 0.1) is 0 Å². The second-order valence-electron chi connectivity index (χ2n) is 1.66. The number of amides is 1. The molecule has 1 fully saturated rings.